The summed E-state index contributed by atoms with van der Waals surface area (Å²) >= 11 is 0. The molecule has 10 heteroatoms. The van der Waals surface area contributed by atoms with Gasteiger partial charge in [0.2, 0.25) is 10.0 Å². The van der Waals surface area contributed by atoms with Crippen molar-refractivity contribution in [2.24, 2.45) is 0 Å². The highest BCUT2D eigenvalue weighted by atomic mass is 32.2. The van der Waals surface area contributed by atoms with Gasteiger partial charge in [-0.15, -0.1) is 0 Å². The summed E-state index contributed by atoms with van der Waals surface area (Å²) in [5.74, 6) is 1.16. The molecule has 3 N–H and O–H groups in total. The quantitative estimate of drug-likeness (QED) is 0.351. The van der Waals surface area contributed by atoms with E-state index >= 15 is 0 Å². The lowest BCUT2D eigenvalue weighted by Crippen LogP contribution is -2.42. The van der Waals surface area contributed by atoms with Gasteiger partial charge in [0.25, 0.3) is 0 Å². The molecule has 1 aliphatic heterocycles. The summed E-state index contributed by atoms with van der Waals surface area (Å²) in [4.78, 5) is 17.3. The monoisotopic (exact) mass is 523 g/mol. The molecule has 9 nitrogen and oxygen atoms in total. The Labute approximate surface area is 219 Å². The van der Waals surface area contributed by atoms with Crippen LogP contribution in [-0.4, -0.2) is 62.7 Å². The van der Waals surface area contributed by atoms with Gasteiger partial charge < -0.3 is 15.3 Å². The molecule has 1 saturated carbocycles. The first kappa shape index (κ1) is 25.8. The van der Waals surface area contributed by atoms with E-state index in [-0.39, 0.29) is 18.0 Å². The van der Waals surface area contributed by atoms with E-state index in [9.17, 15) is 8.42 Å². The Hall–Kier alpha value is -2.79. The summed E-state index contributed by atoms with van der Waals surface area (Å²) in [6, 6.07) is 8.46. The van der Waals surface area contributed by atoms with Gasteiger partial charge in [-0.25, -0.2) is 18.4 Å². The highest BCUT2D eigenvalue weighted by Gasteiger charge is 2.27. The zero-order chi connectivity index (χ0) is 25.5. The largest absolute Gasteiger partial charge is 0.347 e. The van der Waals surface area contributed by atoms with Gasteiger partial charge in [-0.3, -0.25) is 4.90 Å². The first-order chi connectivity index (χ1) is 18.1. The number of nitrogens with one attached hydrogen (secondary N) is 3. The normalized spacial score (nSPS) is 21.3. The van der Waals surface area contributed by atoms with E-state index in [2.05, 4.69) is 42.3 Å². The molecule has 37 heavy (non-hydrogen) atoms. The second-order valence-electron chi connectivity index (χ2n) is 9.96. The predicted molar refractivity (Wildman–Crippen MR) is 143 cm³/mol. The second-order valence-corrected chi connectivity index (χ2v) is 11.9. The minimum atomic E-state index is -3.74. The Morgan fingerprint density at radius 2 is 1.49 bits per heavy atom. The van der Waals surface area contributed by atoms with Crippen LogP contribution in [0.3, 0.4) is 0 Å². The third-order valence-electron chi connectivity index (χ3n) is 7.46. The predicted octanol–water partition coefficient (Wildman–Crippen LogP) is 3.58. The third-order valence-corrected chi connectivity index (χ3v) is 9.27. The van der Waals surface area contributed by atoms with E-state index in [1.165, 1.54) is 55.9 Å². The SMILES string of the molecule is O=S(=O)(c1ccc(CNC2CCC(N3CCC=CCC3)CC2)cc1)N(Cc1ncc[nH]1)Cc1ncc[nH]1. The van der Waals surface area contributed by atoms with Gasteiger partial charge in [0.15, 0.2) is 0 Å². The van der Waals surface area contributed by atoms with Crippen molar-refractivity contribution in [2.45, 2.75) is 75.1 Å². The maximum atomic E-state index is 13.5. The molecule has 0 spiro atoms. The van der Waals surface area contributed by atoms with Crippen LogP contribution in [0.25, 0.3) is 0 Å². The number of aromatic nitrogens is 4. The lowest BCUT2D eigenvalue weighted by molar-refractivity contribution is 0.149. The Balaban J connectivity index is 1.16. The summed E-state index contributed by atoms with van der Waals surface area (Å²) in [6.45, 7) is 3.39. The van der Waals surface area contributed by atoms with Gasteiger partial charge in [-0.1, -0.05) is 24.3 Å². The topological polar surface area (TPSA) is 110 Å². The molecule has 1 aromatic carbocycles. The Kier molecular flexibility index (Phi) is 8.50. The molecule has 198 valence electrons. The van der Waals surface area contributed by atoms with E-state index < -0.39 is 10.0 Å². The van der Waals surface area contributed by atoms with E-state index in [0.29, 0.717) is 23.7 Å². The standard InChI is InChI=1S/C27H37N7O2S/c35-37(36,34(20-26-28-13-14-29-26)21-27-30-15-16-31-27)25-11-5-22(6-12-25)19-32-23-7-9-24(10-8-23)33-17-3-1-2-4-18-33/h1-2,5-6,11-16,23-24,32H,3-4,7-10,17-21H2,(H,28,29)(H,30,31). The van der Waals surface area contributed by atoms with E-state index in [4.69, 9.17) is 0 Å². The molecule has 1 fully saturated rings. The molecule has 0 bridgehead atoms. The number of nitrogens with zero attached hydrogens (tertiary/aromatic N) is 4. The number of rotatable bonds is 10. The van der Waals surface area contributed by atoms with E-state index in [1.54, 1.807) is 36.9 Å². The van der Waals surface area contributed by atoms with Crippen molar-refractivity contribution in [3.8, 4) is 0 Å². The minimum Gasteiger partial charge on any atom is -0.347 e. The smallest absolute Gasteiger partial charge is 0.243 e. The van der Waals surface area contributed by atoms with Crippen molar-refractivity contribution in [1.82, 2.24) is 34.5 Å². The average Bonchev–Trinajstić information content (AvgIpc) is 3.57. The fraction of sp³-hybridized carbons (Fsp3) is 0.481. The fourth-order valence-electron chi connectivity index (χ4n) is 5.36. The Bertz CT molecular complexity index is 1170. The highest BCUT2D eigenvalue weighted by molar-refractivity contribution is 7.89. The molecule has 0 radical (unpaired) electrons. The van der Waals surface area contributed by atoms with Crippen molar-refractivity contribution in [2.75, 3.05) is 13.1 Å². The lowest BCUT2D eigenvalue weighted by atomic mass is 9.90. The van der Waals surface area contributed by atoms with Gasteiger partial charge >= 0.3 is 0 Å². The van der Waals surface area contributed by atoms with E-state index in [0.717, 1.165) is 12.1 Å². The van der Waals surface area contributed by atoms with Crippen molar-refractivity contribution >= 4 is 10.0 Å². The molecule has 3 heterocycles. The molecule has 3 aromatic rings. The van der Waals surface area contributed by atoms with Crippen LogP contribution in [0.5, 0.6) is 0 Å². The van der Waals surface area contributed by atoms with Crippen molar-refractivity contribution < 1.29 is 8.42 Å². The van der Waals surface area contributed by atoms with Crippen molar-refractivity contribution in [1.29, 1.82) is 0 Å². The number of hydrogen-bond donors (Lipinski definition) is 3. The summed E-state index contributed by atoms with van der Waals surface area (Å²) in [5, 5.41) is 3.70. The van der Waals surface area contributed by atoms with Crippen LogP contribution in [0.4, 0.5) is 0 Å². The molecule has 2 aromatic heterocycles. The van der Waals surface area contributed by atoms with Crippen LogP contribution in [0, 0.1) is 0 Å². The van der Waals surface area contributed by atoms with Crippen LogP contribution >= 0.6 is 0 Å². The fourth-order valence-corrected chi connectivity index (χ4v) is 6.72. The summed E-state index contributed by atoms with van der Waals surface area (Å²) in [7, 11) is -3.74. The van der Waals surface area contributed by atoms with Gasteiger partial charge in [0.1, 0.15) is 11.6 Å². The molecule has 0 amide bonds. The maximum absolute atomic E-state index is 13.5. The molecule has 2 aliphatic rings. The summed E-state index contributed by atoms with van der Waals surface area (Å²) in [5.41, 5.74) is 1.09. The second kappa shape index (κ2) is 12.2. The van der Waals surface area contributed by atoms with Crippen molar-refractivity contribution in [3.63, 3.8) is 0 Å². The van der Waals surface area contributed by atoms with Gasteiger partial charge in [0.05, 0.1) is 18.0 Å². The molecule has 5 rings (SSSR count). The average molecular weight is 524 g/mol. The summed E-state index contributed by atoms with van der Waals surface area (Å²) < 4.78 is 28.4. The van der Waals surface area contributed by atoms with Crippen LogP contribution < -0.4 is 5.32 Å². The van der Waals surface area contributed by atoms with Gasteiger partial charge in [0, 0.05) is 56.5 Å². The molecule has 0 saturated heterocycles. The van der Waals surface area contributed by atoms with Crippen LogP contribution in [-0.2, 0) is 29.7 Å². The number of benzene rings is 1. The molecular formula is C27H37N7O2S. The van der Waals surface area contributed by atoms with E-state index in [1.807, 2.05) is 12.1 Å². The maximum Gasteiger partial charge on any atom is 0.243 e. The van der Waals surface area contributed by atoms with Gasteiger partial charge in [-0.2, -0.15) is 4.31 Å². The van der Waals surface area contributed by atoms with Crippen molar-refractivity contribution in [3.05, 3.63) is 78.4 Å². The molecule has 0 atom stereocenters. The zero-order valence-corrected chi connectivity index (χ0v) is 22.0. The number of sulfonamides is 1. The Morgan fingerprint density at radius 3 is 2.03 bits per heavy atom. The van der Waals surface area contributed by atoms with Gasteiger partial charge in [-0.05, 0) is 56.2 Å². The molecule has 1 aliphatic carbocycles. The minimum absolute atomic E-state index is 0.135. The number of H-pyrrole nitrogens is 2. The lowest BCUT2D eigenvalue weighted by Gasteiger charge is -2.36. The molecular weight excluding hydrogens is 486 g/mol. The number of aromatic amines is 2. The summed E-state index contributed by atoms with van der Waals surface area (Å²) in [6.07, 6.45) is 18.5. The highest BCUT2D eigenvalue weighted by Crippen LogP contribution is 2.25. The van der Waals surface area contributed by atoms with Crippen LogP contribution in [0.15, 0.2) is 66.1 Å². The first-order valence-corrected chi connectivity index (χ1v) is 14.7. The Morgan fingerprint density at radius 1 is 0.892 bits per heavy atom. The third kappa shape index (κ3) is 6.75. The number of hydrogen-bond acceptors (Lipinski definition) is 6. The zero-order valence-electron chi connectivity index (χ0n) is 21.2. The number of imidazole rings is 2. The van der Waals surface area contributed by atoms with Crippen LogP contribution in [0.1, 0.15) is 55.7 Å². The first-order valence-electron chi connectivity index (χ1n) is 13.3. The van der Waals surface area contributed by atoms with Crippen LogP contribution in [0.2, 0.25) is 0 Å². The molecule has 0 unspecified atom stereocenters.